The number of carbonyl (C=O) groups excluding carboxylic acids is 1. The maximum Gasteiger partial charge on any atom is 0.339 e. The zero-order chi connectivity index (χ0) is 10.8. The number of hydrogen-bond donors (Lipinski definition) is 0. The molecule has 1 heterocycles. The molecule has 0 radical (unpaired) electrons. The normalized spacial score (nSPS) is 20.7. The van der Waals surface area contributed by atoms with Crippen molar-refractivity contribution in [1.29, 1.82) is 0 Å². The molecule has 0 saturated carbocycles. The largest absolute Gasteiger partial charge is 0.454 e. The summed E-state index contributed by atoms with van der Waals surface area (Å²) >= 11 is 0. The van der Waals surface area contributed by atoms with Crippen molar-refractivity contribution in [2.75, 3.05) is 0 Å². The van der Waals surface area contributed by atoms with Gasteiger partial charge in [-0.2, -0.15) is 0 Å². The maximum atomic E-state index is 11.7. The Kier molecular flexibility index (Phi) is 2.58. The molecular formula is C13H14O2. The number of rotatable bonds is 2. The third kappa shape index (κ3) is 1.67. The predicted octanol–water partition coefficient (Wildman–Crippen LogP) is 2.80. The van der Waals surface area contributed by atoms with Crippen molar-refractivity contribution in [3.63, 3.8) is 0 Å². The van der Waals surface area contributed by atoms with Gasteiger partial charge in [0.2, 0.25) is 0 Å². The average molecular weight is 202 g/mol. The Morgan fingerprint density at radius 2 is 1.93 bits per heavy atom. The molecule has 0 fully saturated rings. The summed E-state index contributed by atoms with van der Waals surface area (Å²) in [6.07, 6.45) is 0.807. The van der Waals surface area contributed by atoms with E-state index in [1.54, 1.807) is 0 Å². The number of carbonyl (C=O) groups is 1. The van der Waals surface area contributed by atoms with Crippen molar-refractivity contribution in [1.82, 2.24) is 0 Å². The molecule has 2 rings (SSSR count). The van der Waals surface area contributed by atoms with Crippen molar-refractivity contribution in [2.45, 2.75) is 26.4 Å². The number of cyclic esters (lactones) is 1. The molecule has 78 valence electrons. The molecule has 1 unspecified atom stereocenters. The van der Waals surface area contributed by atoms with Gasteiger partial charge in [-0.05, 0) is 24.5 Å². The van der Waals surface area contributed by atoms with Gasteiger partial charge in [-0.15, -0.1) is 0 Å². The first-order valence-corrected chi connectivity index (χ1v) is 5.21. The van der Waals surface area contributed by atoms with Crippen LogP contribution in [0.1, 0.15) is 25.8 Å². The molecule has 0 amide bonds. The highest BCUT2D eigenvalue weighted by molar-refractivity contribution is 6.19. The molecule has 0 aliphatic carbocycles. The number of hydrogen-bond acceptors (Lipinski definition) is 2. The third-order valence-electron chi connectivity index (χ3n) is 2.76. The minimum Gasteiger partial charge on any atom is -0.454 e. The minimum absolute atomic E-state index is 0.0345. The molecule has 1 aliphatic rings. The van der Waals surface area contributed by atoms with Crippen LogP contribution < -0.4 is 0 Å². The lowest BCUT2D eigenvalue weighted by molar-refractivity contribution is -0.137. The molecule has 1 aromatic rings. The standard InChI is InChI=1S/C13H14O2/c1-3-11-9(2)12(13(14)15-11)10-7-5-4-6-8-10/h4-8,11H,3H2,1-2H3. The molecule has 1 aliphatic heterocycles. The summed E-state index contributed by atoms with van der Waals surface area (Å²) < 4.78 is 5.28. The van der Waals surface area contributed by atoms with Crippen LogP contribution in [0.15, 0.2) is 35.9 Å². The Hall–Kier alpha value is -1.57. The Morgan fingerprint density at radius 1 is 1.27 bits per heavy atom. The van der Waals surface area contributed by atoms with E-state index in [9.17, 15) is 4.79 Å². The molecule has 2 nitrogen and oxygen atoms in total. The second-order valence-electron chi connectivity index (χ2n) is 3.73. The van der Waals surface area contributed by atoms with Gasteiger partial charge < -0.3 is 4.74 Å². The quantitative estimate of drug-likeness (QED) is 0.689. The van der Waals surface area contributed by atoms with Gasteiger partial charge in [0, 0.05) is 0 Å². The Morgan fingerprint density at radius 3 is 2.47 bits per heavy atom. The van der Waals surface area contributed by atoms with Gasteiger partial charge in [0.25, 0.3) is 0 Å². The summed E-state index contributed by atoms with van der Waals surface area (Å²) in [6, 6.07) is 9.69. The fraction of sp³-hybridized carbons (Fsp3) is 0.308. The first-order valence-electron chi connectivity index (χ1n) is 5.21. The van der Waals surface area contributed by atoms with E-state index >= 15 is 0 Å². The van der Waals surface area contributed by atoms with E-state index in [1.165, 1.54) is 0 Å². The molecule has 15 heavy (non-hydrogen) atoms. The molecule has 2 heteroatoms. The molecule has 0 spiro atoms. The van der Waals surface area contributed by atoms with Crippen LogP contribution in [-0.4, -0.2) is 12.1 Å². The Balaban J connectivity index is 2.44. The summed E-state index contributed by atoms with van der Waals surface area (Å²) in [4.78, 5) is 11.7. The molecule has 0 saturated heterocycles. The topological polar surface area (TPSA) is 26.3 Å². The van der Waals surface area contributed by atoms with Crippen LogP contribution >= 0.6 is 0 Å². The minimum atomic E-state index is -0.189. The van der Waals surface area contributed by atoms with Crippen molar-refractivity contribution in [3.8, 4) is 0 Å². The van der Waals surface area contributed by atoms with Gasteiger partial charge in [0.15, 0.2) is 0 Å². The molecule has 0 aromatic heterocycles. The van der Waals surface area contributed by atoms with Crippen molar-refractivity contribution in [2.24, 2.45) is 0 Å². The van der Waals surface area contributed by atoms with E-state index in [4.69, 9.17) is 4.74 Å². The van der Waals surface area contributed by atoms with Gasteiger partial charge in [0.05, 0.1) is 5.57 Å². The van der Waals surface area contributed by atoms with E-state index in [0.717, 1.165) is 23.1 Å². The van der Waals surface area contributed by atoms with Gasteiger partial charge in [0.1, 0.15) is 6.10 Å². The maximum absolute atomic E-state index is 11.7. The fourth-order valence-electron chi connectivity index (χ4n) is 1.94. The van der Waals surface area contributed by atoms with Crippen molar-refractivity contribution >= 4 is 11.5 Å². The summed E-state index contributed by atoms with van der Waals surface area (Å²) in [5.41, 5.74) is 2.74. The number of benzene rings is 1. The average Bonchev–Trinajstić information content (AvgIpc) is 2.55. The van der Waals surface area contributed by atoms with Gasteiger partial charge in [-0.1, -0.05) is 37.3 Å². The lowest BCUT2D eigenvalue weighted by Gasteiger charge is -2.06. The van der Waals surface area contributed by atoms with Crippen molar-refractivity contribution in [3.05, 3.63) is 41.5 Å². The van der Waals surface area contributed by atoms with Gasteiger partial charge in [-0.25, -0.2) is 4.79 Å². The van der Waals surface area contributed by atoms with Crippen LogP contribution in [0.25, 0.3) is 5.57 Å². The summed E-state index contributed by atoms with van der Waals surface area (Å²) in [7, 11) is 0. The number of esters is 1. The van der Waals surface area contributed by atoms with Crippen LogP contribution in [0.4, 0.5) is 0 Å². The zero-order valence-corrected chi connectivity index (χ0v) is 8.99. The zero-order valence-electron chi connectivity index (χ0n) is 8.99. The van der Waals surface area contributed by atoms with Crippen LogP contribution in [0.5, 0.6) is 0 Å². The SMILES string of the molecule is CCC1OC(=O)C(c2ccccc2)=C1C. The van der Waals surface area contributed by atoms with E-state index < -0.39 is 0 Å². The summed E-state index contributed by atoms with van der Waals surface area (Å²) in [5.74, 6) is -0.189. The summed E-state index contributed by atoms with van der Waals surface area (Å²) in [5, 5.41) is 0. The third-order valence-corrected chi connectivity index (χ3v) is 2.76. The summed E-state index contributed by atoms with van der Waals surface area (Å²) in [6.45, 7) is 4.00. The van der Waals surface area contributed by atoms with E-state index in [2.05, 4.69) is 0 Å². The smallest absolute Gasteiger partial charge is 0.339 e. The van der Waals surface area contributed by atoms with E-state index in [1.807, 2.05) is 44.2 Å². The highest BCUT2D eigenvalue weighted by Gasteiger charge is 2.30. The number of ether oxygens (including phenoxy) is 1. The second kappa shape index (κ2) is 3.89. The highest BCUT2D eigenvalue weighted by Crippen LogP contribution is 2.31. The van der Waals surface area contributed by atoms with E-state index in [0.29, 0.717) is 0 Å². The molecular weight excluding hydrogens is 188 g/mol. The van der Waals surface area contributed by atoms with Crippen LogP contribution in [-0.2, 0) is 9.53 Å². The second-order valence-corrected chi connectivity index (χ2v) is 3.73. The lowest BCUT2D eigenvalue weighted by atomic mass is 9.99. The van der Waals surface area contributed by atoms with E-state index in [-0.39, 0.29) is 12.1 Å². The first kappa shape index (κ1) is 9.97. The van der Waals surface area contributed by atoms with Crippen molar-refractivity contribution < 1.29 is 9.53 Å². The van der Waals surface area contributed by atoms with Crippen LogP contribution in [0.2, 0.25) is 0 Å². The fourth-order valence-corrected chi connectivity index (χ4v) is 1.94. The highest BCUT2D eigenvalue weighted by atomic mass is 16.5. The van der Waals surface area contributed by atoms with Crippen LogP contribution in [0, 0.1) is 0 Å². The van der Waals surface area contributed by atoms with Gasteiger partial charge in [-0.3, -0.25) is 0 Å². The first-order chi connectivity index (χ1) is 7.24. The molecule has 0 bridgehead atoms. The molecule has 0 N–H and O–H groups in total. The predicted molar refractivity (Wildman–Crippen MR) is 59.2 cm³/mol. The molecule has 1 atom stereocenters. The monoisotopic (exact) mass is 202 g/mol. The van der Waals surface area contributed by atoms with Crippen LogP contribution in [0.3, 0.4) is 0 Å². The Labute approximate surface area is 89.6 Å². The lowest BCUT2D eigenvalue weighted by Crippen LogP contribution is -2.08. The molecule has 1 aromatic carbocycles. The Bertz CT molecular complexity index is 404. The van der Waals surface area contributed by atoms with Gasteiger partial charge >= 0.3 is 5.97 Å².